The number of hydrogen-bond donors (Lipinski definition) is 2. The molecule has 2 amide bonds. The SMILES string of the molecule is CNC(=O)Cc1ccccc1CNC(=O)OC(C)(C)C. The predicted molar refractivity (Wildman–Crippen MR) is 77.3 cm³/mol. The van der Waals surface area contributed by atoms with Gasteiger partial charge in [0.2, 0.25) is 5.91 Å². The Morgan fingerprint density at radius 3 is 2.30 bits per heavy atom. The van der Waals surface area contributed by atoms with Crippen molar-refractivity contribution in [3.05, 3.63) is 35.4 Å². The third-order valence-electron chi connectivity index (χ3n) is 2.57. The van der Waals surface area contributed by atoms with Crippen molar-refractivity contribution in [3.8, 4) is 0 Å². The van der Waals surface area contributed by atoms with Gasteiger partial charge in [0.25, 0.3) is 0 Å². The van der Waals surface area contributed by atoms with Gasteiger partial charge in [-0.05, 0) is 31.9 Å². The molecule has 5 heteroatoms. The summed E-state index contributed by atoms with van der Waals surface area (Å²) in [6.45, 7) is 5.77. The standard InChI is InChI=1S/C15H22N2O3/c1-15(2,3)20-14(19)17-10-12-8-6-5-7-11(12)9-13(18)16-4/h5-8H,9-10H2,1-4H3,(H,16,18)(H,17,19). The molecule has 0 bridgehead atoms. The first-order valence-electron chi connectivity index (χ1n) is 6.56. The molecule has 0 aliphatic heterocycles. The van der Waals surface area contributed by atoms with E-state index in [0.29, 0.717) is 13.0 Å². The number of ether oxygens (including phenoxy) is 1. The Kier molecular flexibility index (Phi) is 5.55. The monoisotopic (exact) mass is 278 g/mol. The highest BCUT2D eigenvalue weighted by atomic mass is 16.6. The first-order chi connectivity index (χ1) is 9.31. The Bertz CT molecular complexity index is 478. The summed E-state index contributed by atoms with van der Waals surface area (Å²) in [6, 6.07) is 7.51. The number of carbonyl (C=O) groups is 2. The molecule has 0 heterocycles. The Labute approximate surface area is 119 Å². The molecule has 0 aliphatic rings. The maximum absolute atomic E-state index is 11.6. The first kappa shape index (κ1) is 16.0. The Balaban J connectivity index is 2.64. The summed E-state index contributed by atoms with van der Waals surface area (Å²) in [5.74, 6) is -0.0604. The number of carbonyl (C=O) groups excluding carboxylic acids is 2. The minimum Gasteiger partial charge on any atom is -0.444 e. The van der Waals surface area contributed by atoms with Crippen LogP contribution in [-0.4, -0.2) is 24.6 Å². The lowest BCUT2D eigenvalue weighted by Crippen LogP contribution is -2.32. The number of amides is 2. The lowest BCUT2D eigenvalue weighted by molar-refractivity contribution is -0.119. The van der Waals surface area contributed by atoms with Crippen LogP contribution in [0.5, 0.6) is 0 Å². The molecule has 0 radical (unpaired) electrons. The van der Waals surface area contributed by atoms with Crippen molar-refractivity contribution in [2.75, 3.05) is 7.05 Å². The molecular weight excluding hydrogens is 256 g/mol. The van der Waals surface area contributed by atoms with Gasteiger partial charge in [-0.3, -0.25) is 4.79 Å². The lowest BCUT2D eigenvalue weighted by Gasteiger charge is -2.20. The van der Waals surface area contributed by atoms with Crippen molar-refractivity contribution >= 4 is 12.0 Å². The summed E-state index contributed by atoms with van der Waals surface area (Å²) >= 11 is 0. The van der Waals surface area contributed by atoms with E-state index < -0.39 is 11.7 Å². The molecule has 1 aromatic rings. The van der Waals surface area contributed by atoms with Crippen LogP contribution in [0.15, 0.2) is 24.3 Å². The van der Waals surface area contributed by atoms with Crippen LogP contribution in [0.2, 0.25) is 0 Å². The number of alkyl carbamates (subject to hydrolysis) is 1. The average Bonchev–Trinajstić information content (AvgIpc) is 2.35. The third kappa shape index (κ3) is 5.73. The van der Waals surface area contributed by atoms with Crippen LogP contribution in [-0.2, 0) is 22.5 Å². The molecule has 0 spiro atoms. The topological polar surface area (TPSA) is 67.4 Å². The minimum atomic E-state index is -0.522. The zero-order valence-electron chi connectivity index (χ0n) is 12.4. The molecular formula is C15H22N2O3. The average molecular weight is 278 g/mol. The number of nitrogens with one attached hydrogen (secondary N) is 2. The second kappa shape index (κ2) is 6.93. The molecule has 0 aliphatic carbocycles. The maximum atomic E-state index is 11.6. The van der Waals surface area contributed by atoms with Gasteiger partial charge in [-0.15, -0.1) is 0 Å². The second-order valence-electron chi connectivity index (χ2n) is 5.47. The van der Waals surface area contributed by atoms with Gasteiger partial charge in [0, 0.05) is 13.6 Å². The number of likely N-dealkylation sites (N-methyl/N-ethyl adjacent to an activating group) is 1. The number of benzene rings is 1. The Hall–Kier alpha value is -2.04. The maximum Gasteiger partial charge on any atom is 0.407 e. The van der Waals surface area contributed by atoms with Crippen LogP contribution in [0.25, 0.3) is 0 Å². The normalized spacial score (nSPS) is 10.8. The summed E-state index contributed by atoms with van der Waals surface area (Å²) in [5.41, 5.74) is 1.27. The second-order valence-corrected chi connectivity index (χ2v) is 5.47. The number of rotatable bonds is 4. The van der Waals surface area contributed by atoms with Crippen molar-refractivity contribution in [1.82, 2.24) is 10.6 Å². The van der Waals surface area contributed by atoms with E-state index in [1.165, 1.54) is 0 Å². The zero-order valence-corrected chi connectivity index (χ0v) is 12.4. The van der Waals surface area contributed by atoms with Crippen molar-refractivity contribution in [3.63, 3.8) is 0 Å². The van der Waals surface area contributed by atoms with Gasteiger partial charge in [-0.25, -0.2) is 4.79 Å². The molecule has 0 fully saturated rings. The van der Waals surface area contributed by atoms with Gasteiger partial charge in [-0.2, -0.15) is 0 Å². The molecule has 0 saturated heterocycles. The summed E-state index contributed by atoms with van der Waals surface area (Å²) in [7, 11) is 1.60. The lowest BCUT2D eigenvalue weighted by atomic mass is 10.0. The fourth-order valence-electron chi connectivity index (χ4n) is 1.65. The molecule has 20 heavy (non-hydrogen) atoms. The van der Waals surface area contributed by atoms with Gasteiger partial charge in [0.05, 0.1) is 6.42 Å². The molecule has 0 aromatic heterocycles. The van der Waals surface area contributed by atoms with Crippen LogP contribution < -0.4 is 10.6 Å². The van der Waals surface area contributed by atoms with Crippen LogP contribution in [0, 0.1) is 0 Å². The Morgan fingerprint density at radius 2 is 1.75 bits per heavy atom. The van der Waals surface area contributed by atoms with Crippen molar-refractivity contribution in [2.45, 2.75) is 39.3 Å². The summed E-state index contributed by atoms with van der Waals surface area (Å²) in [5, 5.41) is 5.28. The van der Waals surface area contributed by atoms with Gasteiger partial charge >= 0.3 is 6.09 Å². The minimum absolute atomic E-state index is 0.0604. The molecule has 0 unspecified atom stereocenters. The molecule has 2 N–H and O–H groups in total. The van der Waals surface area contributed by atoms with Crippen LogP contribution >= 0.6 is 0 Å². The van der Waals surface area contributed by atoms with Crippen molar-refractivity contribution in [1.29, 1.82) is 0 Å². The van der Waals surface area contributed by atoms with E-state index in [2.05, 4.69) is 10.6 Å². The molecule has 5 nitrogen and oxygen atoms in total. The van der Waals surface area contributed by atoms with Crippen LogP contribution in [0.3, 0.4) is 0 Å². The fourth-order valence-corrected chi connectivity index (χ4v) is 1.65. The first-order valence-corrected chi connectivity index (χ1v) is 6.56. The van der Waals surface area contributed by atoms with E-state index in [4.69, 9.17) is 4.74 Å². The molecule has 0 saturated carbocycles. The number of hydrogen-bond acceptors (Lipinski definition) is 3. The molecule has 0 atom stereocenters. The fraction of sp³-hybridized carbons (Fsp3) is 0.467. The van der Waals surface area contributed by atoms with E-state index in [1.807, 2.05) is 45.0 Å². The van der Waals surface area contributed by atoms with Gasteiger partial charge in [0.15, 0.2) is 0 Å². The van der Waals surface area contributed by atoms with Crippen LogP contribution in [0.4, 0.5) is 4.79 Å². The molecule has 110 valence electrons. The predicted octanol–water partition coefficient (Wildman–Crippen LogP) is 2.00. The summed E-state index contributed by atoms with van der Waals surface area (Å²) in [4.78, 5) is 23.0. The Morgan fingerprint density at radius 1 is 1.15 bits per heavy atom. The van der Waals surface area contributed by atoms with E-state index in [1.54, 1.807) is 7.05 Å². The van der Waals surface area contributed by atoms with Crippen molar-refractivity contribution in [2.24, 2.45) is 0 Å². The summed E-state index contributed by atoms with van der Waals surface area (Å²) < 4.78 is 5.17. The smallest absolute Gasteiger partial charge is 0.407 e. The summed E-state index contributed by atoms with van der Waals surface area (Å²) in [6.07, 6.45) is -0.171. The highest BCUT2D eigenvalue weighted by molar-refractivity contribution is 5.78. The van der Waals surface area contributed by atoms with Crippen molar-refractivity contribution < 1.29 is 14.3 Å². The highest BCUT2D eigenvalue weighted by Crippen LogP contribution is 2.11. The largest absolute Gasteiger partial charge is 0.444 e. The molecule has 1 rings (SSSR count). The van der Waals surface area contributed by atoms with E-state index in [9.17, 15) is 9.59 Å². The van der Waals surface area contributed by atoms with Crippen LogP contribution in [0.1, 0.15) is 31.9 Å². The van der Waals surface area contributed by atoms with Gasteiger partial charge in [-0.1, -0.05) is 24.3 Å². The quantitative estimate of drug-likeness (QED) is 0.885. The van der Waals surface area contributed by atoms with Gasteiger partial charge in [0.1, 0.15) is 5.60 Å². The zero-order chi connectivity index (χ0) is 15.2. The van der Waals surface area contributed by atoms with E-state index >= 15 is 0 Å². The third-order valence-corrected chi connectivity index (χ3v) is 2.57. The van der Waals surface area contributed by atoms with E-state index in [0.717, 1.165) is 11.1 Å². The highest BCUT2D eigenvalue weighted by Gasteiger charge is 2.16. The van der Waals surface area contributed by atoms with E-state index in [-0.39, 0.29) is 5.91 Å². The molecule has 1 aromatic carbocycles. The van der Waals surface area contributed by atoms with Gasteiger partial charge < -0.3 is 15.4 Å².